The number of hydrogen-bond donors (Lipinski definition) is 2. The number of hydrogen-bond acceptors (Lipinski definition) is 5. The lowest BCUT2D eigenvalue weighted by molar-refractivity contribution is -0.135. The standard InChI is InChI=1S/C23H34N4O4/c1-15(2)13-26(22(29)16-7-8-16)18-12-20(21(28)25-10-9-24)27(14-18)23(30)17-5-4-6-19(11-17)31-3/h4-6,11,15-16,18,20H,7-10,12-14,24H2,1-3H3,(H,25,28). The average molecular weight is 431 g/mol. The van der Waals surface area contributed by atoms with Crippen LogP contribution in [0.1, 0.15) is 43.5 Å². The van der Waals surface area contributed by atoms with E-state index < -0.39 is 6.04 Å². The Morgan fingerprint density at radius 1 is 1.29 bits per heavy atom. The zero-order valence-corrected chi connectivity index (χ0v) is 18.7. The number of benzene rings is 1. The van der Waals surface area contributed by atoms with Crippen molar-refractivity contribution in [1.82, 2.24) is 15.1 Å². The van der Waals surface area contributed by atoms with Crippen LogP contribution in [0.5, 0.6) is 5.75 Å². The van der Waals surface area contributed by atoms with Gasteiger partial charge in [-0.15, -0.1) is 0 Å². The van der Waals surface area contributed by atoms with Crippen molar-refractivity contribution in [2.24, 2.45) is 17.6 Å². The SMILES string of the molecule is COc1cccc(C(=O)N2CC(N(CC(C)C)C(=O)C3CC3)CC2C(=O)NCCN)c1. The first-order valence-electron chi connectivity index (χ1n) is 11.1. The molecule has 3 N–H and O–H groups in total. The lowest BCUT2D eigenvalue weighted by Crippen LogP contribution is -2.47. The number of ether oxygens (including phenoxy) is 1. The maximum absolute atomic E-state index is 13.4. The van der Waals surface area contributed by atoms with Crippen molar-refractivity contribution in [2.45, 2.75) is 45.2 Å². The summed E-state index contributed by atoms with van der Waals surface area (Å²) in [5.41, 5.74) is 6.00. The van der Waals surface area contributed by atoms with Crippen molar-refractivity contribution in [3.63, 3.8) is 0 Å². The zero-order chi connectivity index (χ0) is 22.5. The Bertz CT molecular complexity index is 809. The summed E-state index contributed by atoms with van der Waals surface area (Å²) in [6, 6.07) is 6.09. The second-order valence-electron chi connectivity index (χ2n) is 8.83. The van der Waals surface area contributed by atoms with E-state index in [0.717, 1.165) is 12.8 Å². The Morgan fingerprint density at radius 3 is 2.65 bits per heavy atom. The number of likely N-dealkylation sites (tertiary alicyclic amines) is 1. The van der Waals surface area contributed by atoms with Crippen LogP contribution in [-0.2, 0) is 9.59 Å². The highest BCUT2D eigenvalue weighted by atomic mass is 16.5. The number of rotatable bonds is 9. The summed E-state index contributed by atoms with van der Waals surface area (Å²) in [5, 5.41) is 2.81. The van der Waals surface area contributed by atoms with Crippen LogP contribution >= 0.6 is 0 Å². The summed E-state index contributed by atoms with van der Waals surface area (Å²) in [7, 11) is 1.55. The summed E-state index contributed by atoms with van der Waals surface area (Å²) < 4.78 is 5.25. The molecule has 2 unspecified atom stereocenters. The number of nitrogens with two attached hydrogens (primary N) is 1. The van der Waals surface area contributed by atoms with Gasteiger partial charge >= 0.3 is 0 Å². The highest BCUT2D eigenvalue weighted by molar-refractivity contribution is 5.98. The van der Waals surface area contributed by atoms with Crippen molar-refractivity contribution in [2.75, 3.05) is 33.3 Å². The molecule has 1 saturated heterocycles. The second-order valence-corrected chi connectivity index (χ2v) is 8.83. The summed E-state index contributed by atoms with van der Waals surface area (Å²) >= 11 is 0. The molecule has 3 rings (SSSR count). The third kappa shape index (κ3) is 5.55. The maximum atomic E-state index is 13.4. The number of nitrogens with one attached hydrogen (secondary N) is 1. The minimum absolute atomic E-state index is 0.0893. The smallest absolute Gasteiger partial charge is 0.254 e. The van der Waals surface area contributed by atoms with Gasteiger partial charge in [0.1, 0.15) is 11.8 Å². The van der Waals surface area contributed by atoms with E-state index in [1.807, 2.05) is 4.90 Å². The molecule has 0 radical (unpaired) electrons. The fourth-order valence-electron chi connectivity index (χ4n) is 4.12. The van der Waals surface area contributed by atoms with Crippen LogP contribution in [-0.4, -0.2) is 72.9 Å². The maximum Gasteiger partial charge on any atom is 0.254 e. The van der Waals surface area contributed by atoms with E-state index in [2.05, 4.69) is 19.2 Å². The van der Waals surface area contributed by atoms with Crippen molar-refractivity contribution in [1.29, 1.82) is 0 Å². The first-order chi connectivity index (χ1) is 14.8. The van der Waals surface area contributed by atoms with E-state index in [0.29, 0.717) is 49.8 Å². The predicted octanol–water partition coefficient (Wildman–Crippen LogP) is 1.25. The van der Waals surface area contributed by atoms with Crippen LogP contribution in [0.2, 0.25) is 0 Å². The van der Waals surface area contributed by atoms with Crippen LogP contribution in [0, 0.1) is 11.8 Å². The molecule has 1 saturated carbocycles. The fraction of sp³-hybridized carbons (Fsp3) is 0.609. The van der Waals surface area contributed by atoms with Crippen LogP contribution in [0.15, 0.2) is 24.3 Å². The molecule has 3 amide bonds. The highest BCUT2D eigenvalue weighted by Gasteiger charge is 2.45. The van der Waals surface area contributed by atoms with E-state index in [1.165, 1.54) is 0 Å². The molecule has 2 fully saturated rings. The molecule has 0 spiro atoms. The van der Waals surface area contributed by atoms with Crippen molar-refractivity contribution >= 4 is 17.7 Å². The molecule has 31 heavy (non-hydrogen) atoms. The first-order valence-corrected chi connectivity index (χ1v) is 11.1. The molecule has 1 aromatic rings. The third-order valence-corrected chi connectivity index (χ3v) is 5.82. The van der Waals surface area contributed by atoms with Crippen molar-refractivity contribution in [3.05, 3.63) is 29.8 Å². The van der Waals surface area contributed by atoms with Crippen LogP contribution in [0.25, 0.3) is 0 Å². The van der Waals surface area contributed by atoms with E-state index in [9.17, 15) is 14.4 Å². The molecule has 1 aromatic carbocycles. The molecule has 0 bridgehead atoms. The molecule has 170 valence electrons. The summed E-state index contributed by atoms with van der Waals surface area (Å²) in [6.07, 6.45) is 2.28. The van der Waals surface area contributed by atoms with Crippen molar-refractivity contribution in [3.8, 4) is 5.75 Å². The minimum Gasteiger partial charge on any atom is -0.497 e. The van der Waals surface area contributed by atoms with Crippen molar-refractivity contribution < 1.29 is 19.1 Å². The lowest BCUT2D eigenvalue weighted by atomic mass is 10.1. The highest BCUT2D eigenvalue weighted by Crippen LogP contribution is 2.34. The quantitative estimate of drug-likeness (QED) is 0.613. The monoisotopic (exact) mass is 430 g/mol. The van der Waals surface area contributed by atoms with Gasteiger partial charge in [0.05, 0.1) is 13.2 Å². The molecule has 8 heteroatoms. The minimum atomic E-state index is -0.642. The number of carbonyl (C=O) groups excluding carboxylic acids is 3. The number of amides is 3. The van der Waals surface area contributed by atoms with Gasteiger partial charge in [0.2, 0.25) is 11.8 Å². The lowest BCUT2D eigenvalue weighted by Gasteiger charge is -2.31. The number of methoxy groups -OCH3 is 1. The van der Waals surface area contributed by atoms with Crippen LogP contribution < -0.4 is 15.8 Å². The normalized spacial score (nSPS) is 20.6. The molecule has 2 atom stereocenters. The average Bonchev–Trinajstić information content (AvgIpc) is 3.53. The van der Waals surface area contributed by atoms with Gasteiger partial charge in [-0.3, -0.25) is 14.4 Å². The number of nitrogens with zero attached hydrogens (tertiary/aromatic N) is 2. The molecule has 1 aliphatic heterocycles. The zero-order valence-electron chi connectivity index (χ0n) is 18.7. The van der Waals surface area contributed by atoms with Gasteiger partial charge in [0.25, 0.3) is 5.91 Å². The molecule has 1 aliphatic carbocycles. The second kappa shape index (κ2) is 10.1. The molecule has 8 nitrogen and oxygen atoms in total. The largest absolute Gasteiger partial charge is 0.497 e. The van der Waals surface area contributed by atoms with Gasteiger partial charge in [-0.05, 0) is 43.4 Å². The molecule has 2 aliphatic rings. The van der Waals surface area contributed by atoms with E-state index in [-0.39, 0.29) is 29.7 Å². The van der Waals surface area contributed by atoms with Crippen LogP contribution in [0.4, 0.5) is 0 Å². The number of carbonyl (C=O) groups is 3. The van der Waals surface area contributed by atoms with Gasteiger partial charge in [-0.1, -0.05) is 19.9 Å². The van der Waals surface area contributed by atoms with Gasteiger partial charge in [0.15, 0.2) is 0 Å². The Kier molecular flexibility index (Phi) is 7.54. The Balaban J connectivity index is 1.86. The third-order valence-electron chi connectivity index (χ3n) is 5.82. The first kappa shape index (κ1) is 23.1. The summed E-state index contributed by atoms with van der Waals surface area (Å²) in [5.74, 6) is 0.651. The van der Waals surface area contributed by atoms with Gasteiger partial charge in [-0.25, -0.2) is 0 Å². The Labute approximate surface area is 184 Å². The summed E-state index contributed by atoms with van der Waals surface area (Å²) in [4.78, 5) is 42.8. The van der Waals surface area contributed by atoms with E-state index in [4.69, 9.17) is 10.5 Å². The van der Waals surface area contributed by atoms with Crippen LogP contribution in [0.3, 0.4) is 0 Å². The topological polar surface area (TPSA) is 105 Å². The predicted molar refractivity (Wildman–Crippen MR) is 118 cm³/mol. The molecule has 1 heterocycles. The Morgan fingerprint density at radius 2 is 2.03 bits per heavy atom. The van der Waals surface area contributed by atoms with Gasteiger partial charge in [-0.2, -0.15) is 0 Å². The fourth-order valence-corrected chi connectivity index (χ4v) is 4.12. The van der Waals surface area contributed by atoms with E-state index in [1.54, 1.807) is 36.3 Å². The molecular formula is C23H34N4O4. The van der Waals surface area contributed by atoms with Gasteiger partial charge in [0, 0.05) is 37.7 Å². The molecular weight excluding hydrogens is 396 g/mol. The molecule has 0 aromatic heterocycles. The van der Waals surface area contributed by atoms with E-state index >= 15 is 0 Å². The van der Waals surface area contributed by atoms with Gasteiger partial charge < -0.3 is 25.6 Å². The summed E-state index contributed by atoms with van der Waals surface area (Å²) in [6.45, 7) is 5.78. The Hall–Kier alpha value is -2.61.